The van der Waals surface area contributed by atoms with Crippen LogP contribution in [0.1, 0.15) is 22.6 Å². The summed E-state index contributed by atoms with van der Waals surface area (Å²) in [7, 11) is -3.48. The third kappa shape index (κ3) is 4.03. The molecular formula is C15H22N2O2S2. The fourth-order valence-corrected chi connectivity index (χ4v) is 5.03. The molecule has 1 aromatic heterocycles. The van der Waals surface area contributed by atoms with Gasteiger partial charge in [-0.1, -0.05) is 12.2 Å². The van der Waals surface area contributed by atoms with Crippen LogP contribution >= 0.6 is 11.3 Å². The van der Waals surface area contributed by atoms with Crippen molar-refractivity contribution >= 4 is 21.4 Å². The van der Waals surface area contributed by atoms with Crippen molar-refractivity contribution in [1.29, 1.82) is 0 Å². The van der Waals surface area contributed by atoms with Crippen LogP contribution in [0.2, 0.25) is 0 Å². The summed E-state index contributed by atoms with van der Waals surface area (Å²) in [6.45, 7) is 10.4. The van der Waals surface area contributed by atoms with Gasteiger partial charge in [0, 0.05) is 35.4 Å². The summed E-state index contributed by atoms with van der Waals surface area (Å²) in [5, 5.41) is 3.41. The molecule has 1 heterocycles. The van der Waals surface area contributed by atoms with Gasteiger partial charge in [0.25, 0.3) is 0 Å². The number of hydrogen-bond acceptors (Lipinski definition) is 4. The van der Waals surface area contributed by atoms with Gasteiger partial charge in [-0.05, 0) is 25.8 Å². The van der Waals surface area contributed by atoms with Crippen LogP contribution in [-0.4, -0.2) is 31.9 Å². The number of aryl methyl sites for hydroxylation is 1. The number of rotatable bonds is 9. The Morgan fingerprint density at radius 3 is 2.52 bits per heavy atom. The number of nitrogens with zero attached hydrogens (tertiary/aromatic N) is 1. The molecule has 0 radical (unpaired) electrons. The minimum absolute atomic E-state index is 0.291. The molecule has 1 N–H and O–H groups in total. The summed E-state index contributed by atoms with van der Waals surface area (Å²) in [6, 6.07) is 2.41. The van der Waals surface area contributed by atoms with Crippen molar-refractivity contribution in [2.24, 2.45) is 0 Å². The van der Waals surface area contributed by atoms with Gasteiger partial charge in [0.15, 0.2) is 0 Å². The van der Waals surface area contributed by atoms with Crippen molar-refractivity contribution in [3.8, 4) is 0 Å². The first-order valence-corrected chi connectivity index (χ1v) is 9.29. The van der Waals surface area contributed by atoms with Crippen LogP contribution in [0, 0.1) is 6.92 Å². The summed E-state index contributed by atoms with van der Waals surface area (Å²) in [5.74, 6) is 0. The summed E-state index contributed by atoms with van der Waals surface area (Å²) < 4.78 is 26.8. The SMILES string of the molecule is C=CCN(CC=C)S(=O)(=O)c1cc(CNC2CC2)sc1C. The maximum atomic E-state index is 12.7. The highest BCUT2D eigenvalue weighted by molar-refractivity contribution is 7.89. The Morgan fingerprint density at radius 1 is 1.38 bits per heavy atom. The fraction of sp³-hybridized carbons (Fsp3) is 0.467. The van der Waals surface area contributed by atoms with Gasteiger partial charge < -0.3 is 5.32 Å². The van der Waals surface area contributed by atoms with Crippen LogP contribution in [0.3, 0.4) is 0 Å². The monoisotopic (exact) mass is 326 g/mol. The van der Waals surface area contributed by atoms with Gasteiger partial charge in [0.1, 0.15) is 0 Å². The summed E-state index contributed by atoms with van der Waals surface area (Å²) >= 11 is 1.54. The van der Waals surface area contributed by atoms with E-state index >= 15 is 0 Å². The van der Waals surface area contributed by atoms with E-state index in [0.717, 1.165) is 16.3 Å². The molecule has 4 nitrogen and oxygen atoms in total. The molecule has 1 aliphatic carbocycles. The Hall–Kier alpha value is -0.950. The molecule has 2 rings (SSSR count). The highest BCUT2D eigenvalue weighted by Gasteiger charge is 2.27. The molecule has 0 amide bonds. The molecule has 1 aliphatic rings. The van der Waals surface area contributed by atoms with Gasteiger partial charge in [-0.3, -0.25) is 0 Å². The van der Waals surface area contributed by atoms with E-state index in [2.05, 4.69) is 18.5 Å². The number of hydrogen-bond donors (Lipinski definition) is 1. The second-order valence-electron chi connectivity index (χ2n) is 5.19. The summed E-state index contributed by atoms with van der Waals surface area (Å²) in [6.07, 6.45) is 5.64. The zero-order valence-corrected chi connectivity index (χ0v) is 14.0. The maximum absolute atomic E-state index is 12.7. The first-order valence-electron chi connectivity index (χ1n) is 7.03. The smallest absolute Gasteiger partial charge is 0.244 e. The van der Waals surface area contributed by atoms with Crippen molar-refractivity contribution in [3.05, 3.63) is 41.1 Å². The van der Waals surface area contributed by atoms with Gasteiger partial charge in [-0.25, -0.2) is 8.42 Å². The van der Waals surface area contributed by atoms with Crippen LogP contribution < -0.4 is 5.32 Å². The Balaban J connectivity index is 2.20. The average Bonchev–Trinajstić information content (AvgIpc) is 3.18. The minimum atomic E-state index is -3.48. The standard InChI is InChI=1S/C15H22N2O2S2/c1-4-8-17(9-5-2)21(18,19)15-10-14(20-12(15)3)11-16-13-6-7-13/h4-5,10,13,16H,1-2,6-9,11H2,3H3. The molecule has 1 aromatic rings. The summed E-state index contributed by atoms with van der Waals surface area (Å²) in [4.78, 5) is 2.31. The fourth-order valence-electron chi connectivity index (χ4n) is 2.10. The van der Waals surface area contributed by atoms with Crippen molar-refractivity contribution in [2.75, 3.05) is 13.1 Å². The van der Waals surface area contributed by atoms with E-state index in [-0.39, 0.29) is 0 Å². The molecule has 0 bridgehead atoms. The normalized spacial score (nSPS) is 15.3. The molecule has 0 spiro atoms. The van der Waals surface area contributed by atoms with Gasteiger partial charge >= 0.3 is 0 Å². The maximum Gasteiger partial charge on any atom is 0.244 e. The number of sulfonamides is 1. The topological polar surface area (TPSA) is 49.4 Å². The van der Waals surface area contributed by atoms with Crippen molar-refractivity contribution < 1.29 is 8.42 Å². The lowest BCUT2D eigenvalue weighted by atomic mass is 10.4. The van der Waals surface area contributed by atoms with Crippen LogP contribution in [0.5, 0.6) is 0 Å². The largest absolute Gasteiger partial charge is 0.309 e. The highest BCUT2D eigenvalue weighted by atomic mass is 32.2. The molecule has 0 unspecified atom stereocenters. The van der Waals surface area contributed by atoms with E-state index in [1.165, 1.54) is 17.1 Å². The van der Waals surface area contributed by atoms with Crippen molar-refractivity contribution in [3.63, 3.8) is 0 Å². The van der Waals surface area contributed by atoms with Gasteiger partial charge in [0.05, 0.1) is 4.90 Å². The second-order valence-corrected chi connectivity index (χ2v) is 8.43. The second kappa shape index (κ2) is 6.87. The molecular weight excluding hydrogens is 304 g/mol. The lowest BCUT2D eigenvalue weighted by Gasteiger charge is -2.18. The first-order chi connectivity index (χ1) is 9.98. The third-order valence-corrected chi connectivity index (χ3v) is 6.49. The van der Waals surface area contributed by atoms with Crippen molar-refractivity contribution in [2.45, 2.75) is 37.2 Å². The molecule has 6 heteroatoms. The predicted octanol–water partition coefficient (Wildman–Crippen LogP) is 2.67. The number of thiophene rings is 1. The zero-order valence-electron chi connectivity index (χ0n) is 12.3. The lowest BCUT2D eigenvalue weighted by molar-refractivity contribution is 0.474. The minimum Gasteiger partial charge on any atom is -0.309 e. The van der Waals surface area contributed by atoms with E-state index in [0.29, 0.717) is 24.0 Å². The Bertz CT molecular complexity index is 606. The molecule has 1 fully saturated rings. The molecule has 1 saturated carbocycles. The Morgan fingerprint density at radius 2 is 2.00 bits per heavy atom. The Kier molecular flexibility index (Phi) is 5.37. The molecule has 0 saturated heterocycles. The van der Waals surface area contributed by atoms with E-state index in [1.807, 2.05) is 6.92 Å². The van der Waals surface area contributed by atoms with E-state index in [4.69, 9.17) is 0 Å². The van der Waals surface area contributed by atoms with E-state index < -0.39 is 10.0 Å². The van der Waals surface area contributed by atoms with Crippen LogP contribution in [0.4, 0.5) is 0 Å². The first kappa shape index (κ1) is 16.4. The highest BCUT2D eigenvalue weighted by Crippen LogP contribution is 2.29. The molecule has 0 aliphatic heterocycles. The van der Waals surface area contributed by atoms with Gasteiger partial charge in [-0.2, -0.15) is 4.31 Å². The summed E-state index contributed by atoms with van der Waals surface area (Å²) in [5.41, 5.74) is 0. The average molecular weight is 326 g/mol. The molecule has 0 atom stereocenters. The van der Waals surface area contributed by atoms with Gasteiger partial charge in [0.2, 0.25) is 10.0 Å². The van der Waals surface area contributed by atoms with Crippen LogP contribution in [0.15, 0.2) is 36.3 Å². The predicted molar refractivity (Wildman–Crippen MR) is 88.1 cm³/mol. The molecule has 116 valence electrons. The van der Waals surface area contributed by atoms with E-state index in [1.54, 1.807) is 29.6 Å². The van der Waals surface area contributed by atoms with Crippen LogP contribution in [0.25, 0.3) is 0 Å². The Labute approximate surface area is 131 Å². The lowest BCUT2D eigenvalue weighted by Crippen LogP contribution is -2.31. The zero-order chi connectivity index (χ0) is 15.5. The van der Waals surface area contributed by atoms with Gasteiger partial charge in [-0.15, -0.1) is 24.5 Å². The molecule has 0 aromatic carbocycles. The third-order valence-electron chi connectivity index (χ3n) is 3.35. The number of nitrogens with one attached hydrogen (secondary N) is 1. The molecule has 21 heavy (non-hydrogen) atoms. The van der Waals surface area contributed by atoms with Crippen LogP contribution in [-0.2, 0) is 16.6 Å². The quantitative estimate of drug-likeness (QED) is 0.710. The van der Waals surface area contributed by atoms with Crippen molar-refractivity contribution in [1.82, 2.24) is 9.62 Å². The van der Waals surface area contributed by atoms with E-state index in [9.17, 15) is 8.42 Å².